The van der Waals surface area contributed by atoms with Crippen LogP contribution in [0.3, 0.4) is 0 Å². The molecule has 0 amide bonds. The van der Waals surface area contributed by atoms with Crippen LogP contribution in [0.5, 0.6) is 0 Å². The molecule has 0 aromatic rings. The van der Waals surface area contributed by atoms with E-state index in [1.165, 1.54) is 6.08 Å². The summed E-state index contributed by atoms with van der Waals surface area (Å²) in [6.45, 7) is 2.03. The number of allylic oxidation sites excluding steroid dienone is 2. The summed E-state index contributed by atoms with van der Waals surface area (Å²) in [5, 5.41) is 18.8. The van der Waals surface area contributed by atoms with Gasteiger partial charge in [0.25, 0.3) is 0 Å². The molecule has 0 aromatic carbocycles. The smallest absolute Gasteiger partial charge is 0.189 e. The quantitative estimate of drug-likeness (QED) is 0.587. The van der Waals surface area contributed by atoms with Crippen LogP contribution in [0, 0.1) is 5.92 Å². The summed E-state index contributed by atoms with van der Waals surface area (Å²) in [5.74, 6) is -1.76. The molecule has 0 aromatic heterocycles. The summed E-state index contributed by atoms with van der Waals surface area (Å²) in [7, 11) is 0. The molecule has 62 valence electrons. The Hall–Kier alpha value is -0.600. The number of hydrogen-bond acceptors (Lipinski definition) is 2. The molecule has 0 aliphatic heterocycles. The van der Waals surface area contributed by atoms with Crippen LogP contribution in [0.4, 0.5) is 0 Å². The number of hydrogen-bond donors (Lipinski definition) is 2. The van der Waals surface area contributed by atoms with Crippen molar-refractivity contribution in [3.8, 4) is 0 Å². The summed E-state index contributed by atoms with van der Waals surface area (Å²) >= 11 is 0. The summed E-state index contributed by atoms with van der Waals surface area (Å²) in [6.07, 6.45) is 8.55. The van der Waals surface area contributed by atoms with E-state index < -0.39 is 5.79 Å². The van der Waals surface area contributed by atoms with Crippen molar-refractivity contribution in [1.29, 1.82) is 0 Å². The standard InChI is InChI=1S/C9H14O2/c1-2-5-8-6-3-4-7-9(8,10)11/h3-4,6-8,10-11H,2,5H2,1H3. The average molecular weight is 154 g/mol. The maximum Gasteiger partial charge on any atom is 0.189 e. The van der Waals surface area contributed by atoms with Crippen LogP contribution in [0.1, 0.15) is 19.8 Å². The average Bonchev–Trinajstić information content (AvgIpc) is 1.94. The molecular weight excluding hydrogens is 140 g/mol. The van der Waals surface area contributed by atoms with Crippen LogP contribution in [0.25, 0.3) is 0 Å². The molecule has 0 saturated carbocycles. The van der Waals surface area contributed by atoms with Crippen molar-refractivity contribution in [2.75, 3.05) is 0 Å². The Morgan fingerprint density at radius 3 is 2.64 bits per heavy atom. The van der Waals surface area contributed by atoms with Crippen molar-refractivity contribution in [3.63, 3.8) is 0 Å². The van der Waals surface area contributed by atoms with Crippen molar-refractivity contribution in [1.82, 2.24) is 0 Å². The van der Waals surface area contributed by atoms with E-state index in [2.05, 4.69) is 0 Å². The summed E-state index contributed by atoms with van der Waals surface area (Å²) in [6, 6.07) is 0. The molecule has 2 nitrogen and oxygen atoms in total. The summed E-state index contributed by atoms with van der Waals surface area (Å²) < 4.78 is 0. The van der Waals surface area contributed by atoms with Gasteiger partial charge in [0.2, 0.25) is 0 Å². The second-order valence-electron chi connectivity index (χ2n) is 2.92. The zero-order valence-electron chi connectivity index (χ0n) is 6.70. The molecule has 1 aliphatic rings. The molecule has 0 spiro atoms. The maximum atomic E-state index is 9.38. The minimum Gasteiger partial charge on any atom is -0.362 e. The van der Waals surface area contributed by atoms with Crippen molar-refractivity contribution < 1.29 is 10.2 Å². The molecule has 2 heteroatoms. The monoisotopic (exact) mass is 154 g/mol. The molecule has 11 heavy (non-hydrogen) atoms. The predicted molar refractivity (Wildman–Crippen MR) is 43.8 cm³/mol. The molecule has 2 N–H and O–H groups in total. The van der Waals surface area contributed by atoms with Gasteiger partial charge in [-0.1, -0.05) is 31.6 Å². The van der Waals surface area contributed by atoms with Gasteiger partial charge in [-0.3, -0.25) is 0 Å². The molecule has 1 aliphatic carbocycles. The molecule has 0 bridgehead atoms. The van der Waals surface area contributed by atoms with E-state index in [9.17, 15) is 10.2 Å². The van der Waals surface area contributed by atoms with Gasteiger partial charge in [0.15, 0.2) is 5.79 Å². The first-order valence-electron chi connectivity index (χ1n) is 3.97. The van der Waals surface area contributed by atoms with E-state index in [0.29, 0.717) is 0 Å². The predicted octanol–water partition coefficient (Wildman–Crippen LogP) is 1.21. The normalized spacial score (nSPS) is 27.4. The van der Waals surface area contributed by atoms with E-state index in [1.807, 2.05) is 19.1 Å². The van der Waals surface area contributed by atoms with E-state index in [-0.39, 0.29) is 5.92 Å². The Bertz CT molecular complexity index is 180. The molecule has 1 atom stereocenters. The minimum absolute atomic E-state index is 0.141. The van der Waals surface area contributed by atoms with Gasteiger partial charge >= 0.3 is 0 Å². The molecule has 0 heterocycles. The van der Waals surface area contributed by atoms with Crippen LogP contribution in [0.2, 0.25) is 0 Å². The van der Waals surface area contributed by atoms with Gasteiger partial charge in [0.05, 0.1) is 0 Å². The zero-order valence-corrected chi connectivity index (χ0v) is 6.70. The molecule has 0 fully saturated rings. The highest BCUT2D eigenvalue weighted by Gasteiger charge is 2.29. The van der Waals surface area contributed by atoms with Gasteiger partial charge < -0.3 is 10.2 Å². The van der Waals surface area contributed by atoms with Crippen LogP contribution < -0.4 is 0 Å². The largest absolute Gasteiger partial charge is 0.362 e. The Labute approximate surface area is 66.9 Å². The summed E-state index contributed by atoms with van der Waals surface area (Å²) in [4.78, 5) is 0. The fourth-order valence-corrected chi connectivity index (χ4v) is 1.28. The highest BCUT2D eigenvalue weighted by Crippen LogP contribution is 2.25. The van der Waals surface area contributed by atoms with Crippen LogP contribution in [0.15, 0.2) is 24.3 Å². The Kier molecular flexibility index (Phi) is 2.47. The molecular formula is C9H14O2. The molecule has 0 radical (unpaired) electrons. The third-order valence-electron chi connectivity index (χ3n) is 1.94. The van der Waals surface area contributed by atoms with Crippen LogP contribution >= 0.6 is 0 Å². The molecule has 0 saturated heterocycles. The second-order valence-corrected chi connectivity index (χ2v) is 2.92. The van der Waals surface area contributed by atoms with E-state index in [4.69, 9.17) is 0 Å². The van der Waals surface area contributed by atoms with E-state index in [0.717, 1.165) is 12.8 Å². The number of aliphatic hydroxyl groups is 2. The van der Waals surface area contributed by atoms with Gasteiger partial charge in [-0.15, -0.1) is 0 Å². The Morgan fingerprint density at radius 2 is 2.09 bits per heavy atom. The van der Waals surface area contributed by atoms with E-state index in [1.54, 1.807) is 6.08 Å². The Morgan fingerprint density at radius 1 is 1.36 bits per heavy atom. The third kappa shape index (κ3) is 1.91. The lowest BCUT2D eigenvalue weighted by Gasteiger charge is -2.27. The lowest BCUT2D eigenvalue weighted by atomic mass is 9.90. The SMILES string of the molecule is CCCC1C=CC=CC1(O)O. The fraction of sp³-hybridized carbons (Fsp3) is 0.556. The number of rotatable bonds is 2. The third-order valence-corrected chi connectivity index (χ3v) is 1.94. The van der Waals surface area contributed by atoms with Crippen LogP contribution in [-0.2, 0) is 0 Å². The topological polar surface area (TPSA) is 40.5 Å². The first-order chi connectivity index (χ1) is 5.17. The van der Waals surface area contributed by atoms with Gasteiger partial charge in [-0.05, 0) is 12.5 Å². The van der Waals surface area contributed by atoms with Crippen molar-refractivity contribution in [2.45, 2.75) is 25.6 Å². The van der Waals surface area contributed by atoms with Crippen molar-refractivity contribution >= 4 is 0 Å². The van der Waals surface area contributed by atoms with Gasteiger partial charge in [-0.25, -0.2) is 0 Å². The zero-order chi connectivity index (χ0) is 8.32. The molecule has 1 rings (SSSR count). The first-order valence-corrected chi connectivity index (χ1v) is 3.97. The maximum absolute atomic E-state index is 9.38. The van der Waals surface area contributed by atoms with Gasteiger partial charge in [0, 0.05) is 5.92 Å². The Balaban J connectivity index is 2.64. The lowest BCUT2D eigenvalue weighted by Crippen LogP contribution is -2.35. The minimum atomic E-state index is -1.62. The molecule has 1 unspecified atom stereocenters. The fourth-order valence-electron chi connectivity index (χ4n) is 1.28. The second kappa shape index (κ2) is 3.20. The first kappa shape index (κ1) is 8.50. The van der Waals surface area contributed by atoms with Gasteiger partial charge in [-0.2, -0.15) is 0 Å². The summed E-state index contributed by atoms with van der Waals surface area (Å²) in [5.41, 5.74) is 0. The van der Waals surface area contributed by atoms with Crippen molar-refractivity contribution in [3.05, 3.63) is 24.3 Å². The lowest BCUT2D eigenvalue weighted by molar-refractivity contribution is -0.149. The van der Waals surface area contributed by atoms with E-state index >= 15 is 0 Å². The highest BCUT2D eigenvalue weighted by molar-refractivity contribution is 5.17. The van der Waals surface area contributed by atoms with Gasteiger partial charge in [0.1, 0.15) is 0 Å². The van der Waals surface area contributed by atoms with Crippen molar-refractivity contribution in [2.24, 2.45) is 5.92 Å². The van der Waals surface area contributed by atoms with Crippen LogP contribution in [-0.4, -0.2) is 16.0 Å². The highest BCUT2D eigenvalue weighted by atomic mass is 16.5.